The predicted molar refractivity (Wildman–Crippen MR) is 111 cm³/mol. The van der Waals surface area contributed by atoms with Crippen LogP contribution in [0, 0.1) is 0 Å². The second-order valence-electron chi connectivity index (χ2n) is 6.60. The van der Waals surface area contributed by atoms with E-state index in [0.29, 0.717) is 17.1 Å². The Bertz CT molecular complexity index is 1170. The van der Waals surface area contributed by atoms with E-state index < -0.39 is 15.9 Å². The molecule has 3 aromatic rings. The molecule has 164 valence electrons. The quantitative estimate of drug-likeness (QED) is 0.557. The van der Waals surface area contributed by atoms with Gasteiger partial charge < -0.3 is 19.2 Å². The zero-order chi connectivity index (χ0) is 22.6. The Morgan fingerprint density at radius 2 is 1.71 bits per heavy atom. The van der Waals surface area contributed by atoms with Crippen molar-refractivity contribution >= 4 is 15.9 Å². The summed E-state index contributed by atoms with van der Waals surface area (Å²) in [4.78, 5) is 12.5. The summed E-state index contributed by atoms with van der Waals surface area (Å²) in [7, 11) is 2.44. The highest BCUT2D eigenvalue weighted by Gasteiger charge is 2.19. The summed E-state index contributed by atoms with van der Waals surface area (Å²) in [6.07, 6.45) is 0. The van der Waals surface area contributed by atoms with Crippen LogP contribution in [-0.2, 0) is 16.6 Å². The summed E-state index contributed by atoms with van der Waals surface area (Å²) in [5.74, 6) is 0.489. The van der Waals surface area contributed by atoms with Crippen molar-refractivity contribution in [1.29, 1.82) is 0 Å². The normalized spacial score (nSPS) is 11.4. The summed E-state index contributed by atoms with van der Waals surface area (Å²) >= 11 is 0. The van der Waals surface area contributed by atoms with Gasteiger partial charge >= 0.3 is 11.8 Å². The molecule has 10 nitrogen and oxygen atoms in total. The Morgan fingerprint density at radius 1 is 1.03 bits per heavy atom. The van der Waals surface area contributed by atoms with E-state index in [-0.39, 0.29) is 23.2 Å². The lowest BCUT2D eigenvalue weighted by Gasteiger charge is -2.11. The SMILES string of the molecule is COc1ccc(CNC(=O)c2nnc(-c3ccc(S(=O)(=O)N(C)C)cc3)o2)cc1OC. The molecule has 2 aromatic carbocycles. The minimum Gasteiger partial charge on any atom is -0.493 e. The smallest absolute Gasteiger partial charge is 0.309 e. The molecule has 1 N–H and O–H groups in total. The largest absolute Gasteiger partial charge is 0.493 e. The van der Waals surface area contributed by atoms with Crippen LogP contribution in [0.5, 0.6) is 11.5 Å². The number of ether oxygens (including phenoxy) is 2. The number of amides is 1. The van der Waals surface area contributed by atoms with Crippen LogP contribution in [0.3, 0.4) is 0 Å². The third-order valence-electron chi connectivity index (χ3n) is 4.40. The molecular formula is C20H22N4O6S. The first-order valence-electron chi connectivity index (χ1n) is 9.12. The monoisotopic (exact) mass is 446 g/mol. The van der Waals surface area contributed by atoms with Crippen LogP contribution in [0.4, 0.5) is 0 Å². The fourth-order valence-corrected chi connectivity index (χ4v) is 3.56. The molecule has 1 aromatic heterocycles. The number of nitrogens with one attached hydrogen (secondary N) is 1. The van der Waals surface area contributed by atoms with E-state index >= 15 is 0 Å². The minimum atomic E-state index is -3.54. The number of aromatic nitrogens is 2. The summed E-state index contributed by atoms with van der Waals surface area (Å²) < 4.78 is 41.3. The van der Waals surface area contributed by atoms with Crippen LogP contribution in [-0.4, -0.2) is 57.1 Å². The van der Waals surface area contributed by atoms with Crippen molar-refractivity contribution in [2.75, 3.05) is 28.3 Å². The minimum absolute atomic E-state index is 0.102. The number of carbonyl (C=O) groups is 1. The van der Waals surface area contributed by atoms with Gasteiger partial charge in [0.1, 0.15) is 0 Å². The molecule has 0 unspecified atom stereocenters. The number of nitrogens with zero attached hydrogens (tertiary/aromatic N) is 3. The summed E-state index contributed by atoms with van der Waals surface area (Å²) in [6, 6.07) is 11.2. The van der Waals surface area contributed by atoms with Gasteiger partial charge in [0.25, 0.3) is 0 Å². The Morgan fingerprint density at radius 3 is 2.32 bits per heavy atom. The molecule has 11 heteroatoms. The summed E-state index contributed by atoms with van der Waals surface area (Å²) in [5.41, 5.74) is 1.28. The van der Waals surface area contributed by atoms with E-state index in [1.165, 1.54) is 45.5 Å². The van der Waals surface area contributed by atoms with E-state index in [2.05, 4.69) is 15.5 Å². The topological polar surface area (TPSA) is 124 Å². The number of rotatable bonds is 8. The molecule has 31 heavy (non-hydrogen) atoms. The first kappa shape index (κ1) is 22.2. The van der Waals surface area contributed by atoms with Crippen molar-refractivity contribution in [3.63, 3.8) is 0 Å². The number of hydrogen-bond donors (Lipinski definition) is 1. The molecular weight excluding hydrogens is 424 g/mol. The van der Waals surface area contributed by atoms with Gasteiger partial charge in [0.2, 0.25) is 15.9 Å². The summed E-state index contributed by atoms with van der Waals surface area (Å²) in [5, 5.41) is 10.3. The van der Waals surface area contributed by atoms with Gasteiger partial charge in [0, 0.05) is 26.2 Å². The highest BCUT2D eigenvalue weighted by molar-refractivity contribution is 7.89. The van der Waals surface area contributed by atoms with Crippen molar-refractivity contribution in [1.82, 2.24) is 19.8 Å². The van der Waals surface area contributed by atoms with Crippen LogP contribution in [0.1, 0.15) is 16.2 Å². The van der Waals surface area contributed by atoms with Crippen LogP contribution in [0.15, 0.2) is 51.8 Å². The van der Waals surface area contributed by atoms with Gasteiger partial charge in [-0.15, -0.1) is 10.2 Å². The average Bonchev–Trinajstić information content (AvgIpc) is 3.27. The van der Waals surface area contributed by atoms with Crippen LogP contribution in [0.25, 0.3) is 11.5 Å². The van der Waals surface area contributed by atoms with E-state index in [1.807, 2.05) is 0 Å². The van der Waals surface area contributed by atoms with E-state index in [0.717, 1.165) is 9.87 Å². The third-order valence-corrected chi connectivity index (χ3v) is 6.23. The van der Waals surface area contributed by atoms with Crippen molar-refractivity contribution < 1.29 is 27.1 Å². The van der Waals surface area contributed by atoms with Gasteiger partial charge in [-0.3, -0.25) is 4.79 Å². The van der Waals surface area contributed by atoms with Crippen LogP contribution in [0.2, 0.25) is 0 Å². The van der Waals surface area contributed by atoms with Gasteiger partial charge in [-0.2, -0.15) is 0 Å². The molecule has 0 fully saturated rings. The lowest BCUT2D eigenvalue weighted by Crippen LogP contribution is -2.23. The van der Waals surface area contributed by atoms with Crippen molar-refractivity contribution in [3.05, 3.63) is 53.9 Å². The molecule has 0 atom stereocenters. The number of benzene rings is 2. The first-order chi connectivity index (χ1) is 14.8. The Labute approximate surface area is 179 Å². The van der Waals surface area contributed by atoms with Gasteiger partial charge in [-0.05, 0) is 42.0 Å². The van der Waals surface area contributed by atoms with E-state index in [1.54, 1.807) is 25.3 Å². The van der Waals surface area contributed by atoms with E-state index in [4.69, 9.17) is 13.9 Å². The van der Waals surface area contributed by atoms with Crippen molar-refractivity contribution in [2.24, 2.45) is 0 Å². The van der Waals surface area contributed by atoms with Gasteiger partial charge in [-0.1, -0.05) is 6.07 Å². The molecule has 0 saturated carbocycles. The molecule has 1 heterocycles. The molecule has 0 aliphatic heterocycles. The molecule has 0 bridgehead atoms. The summed E-state index contributed by atoms with van der Waals surface area (Å²) in [6.45, 7) is 0.216. The molecule has 0 aliphatic carbocycles. The zero-order valence-electron chi connectivity index (χ0n) is 17.4. The first-order valence-corrected chi connectivity index (χ1v) is 10.6. The highest BCUT2D eigenvalue weighted by atomic mass is 32.2. The lowest BCUT2D eigenvalue weighted by molar-refractivity contribution is 0.0916. The maximum atomic E-state index is 12.4. The number of carbonyl (C=O) groups excluding carboxylic acids is 1. The molecule has 1 amide bonds. The van der Waals surface area contributed by atoms with E-state index in [9.17, 15) is 13.2 Å². The Kier molecular flexibility index (Phi) is 6.56. The fraction of sp³-hybridized carbons (Fsp3) is 0.250. The fourth-order valence-electron chi connectivity index (χ4n) is 2.66. The standard InChI is InChI=1S/C20H22N4O6S/c1-24(2)31(26,27)15-8-6-14(7-9-15)19-22-23-20(30-19)18(25)21-12-13-5-10-16(28-3)17(11-13)29-4/h5-11H,12H2,1-4H3,(H,21,25). The molecule has 3 rings (SSSR count). The maximum Gasteiger partial charge on any atom is 0.309 e. The highest BCUT2D eigenvalue weighted by Crippen LogP contribution is 2.27. The number of methoxy groups -OCH3 is 2. The maximum absolute atomic E-state index is 12.4. The molecule has 0 saturated heterocycles. The molecule has 0 aliphatic rings. The van der Waals surface area contributed by atoms with Crippen LogP contribution >= 0.6 is 0 Å². The Balaban J connectivity index is 1.68. The van der Waals surface area contributed by atoms with Gasteiger partial charge in [0.05, 0.1) is 19.1 Å². The van der Waals surface area contributed by atoms with Gasteiger partial charge in [0.15, 0.2) is 11.5 Å². The predicted octanol–water partition coefficient (Wildman–Crippen LogP) is 1.93. The average molecular weight is 446 g/mol. The van der Waals surface area contributed by atoms with Crippen molar-refractivity contribution in [3.8, 4) is 23.0 Å². The second-order valence-corrected chi connectivity index (χ2v) is 8.75. The molecule has 0 radical (unpaired) electrons. The molecule has 0 spiro atoms. The third kappa shape index (κ3) is 4.84. The Hall–Kier alpha value is -3.44. The number of hydrogen-bond acceptors (Lipinski definition) is 8. The van der Waals surface area contributed by atoms with Crippen molar-refractivity contribution in [2.45, 2.75) is 11.4 Å². The number of sulfonamides is 1. The van der Waals surface area contributed by atoms with Crippen LogP contribution < -0.4 is 14.8 Å². The lowest BCUT2D eigenvalue weighted by atomic mass is 10.2. The van der Waals surface area contributed by atoms with Gasteiger partial charge in [-0.25, -0.2) is 12.7 Å². The second kappa shape index (κ2) is 9.14. The zero-order valence-corrected chi connectivity index (χ0v) is 18.3.